The lowest BCUT2D eigenvalue weighted by molar-refractivity contribution is -0.120. The van der Waals surface area contributed by atoms with E-state index in [1.54, 1.807) is 14.2 Å². The van der Waals surface area contributed by atoms with Gasteiger partial charge in [0.1, 0.15) is 0 Å². The Morgan fingerprint density at radius 3 is 2.74 bits per heavy atom. The van der Waals surface area contributed by atoms with Crippen molar-refractivity contribution in [1.82, 2.24) is 10.6 Å². The van der Waals surface area contributed by atoms with Gasteiger partial charge in [-0.3, -0.25) is 4.79 Å². The molecule has 2 aromatic carbocycles. The number of hydrogen-bond acceptors (Lipinski definition) is 4. The molecule has 0 saturated heterocycles. The molecule has 0 aromatic heterocycles. The minimum Gasteiger partial charge on any atom is -0.493 e. The average molecular weight is 368 g/mol. The van der Waals surface area contributed by atoms with Gasteiger partial charge in [-0.2, -0.15) is 0 Å². The number of benzene rings is 2. The number of fused-ring (bicyclic) bond motifs is 1. The maximum Gasteiger partial charge on any atom is 0.233 e. The first-order chi connectivity index (χ1) is 13.2. The zero-order valence-electron chi connectivity index (χ0n) is 16.1. The zero-order chi connectivity index (χ0) is 19.1. The fraction of sp³-hybridized carbons (Fsp3) is 0.409. The van der Waals surface area contributed by atoms with Crippen LogP contribution in [0.2, 0.25) is 0 Å². The summed E-state index contributed by atoms with van der Waals surface area (Å²) in [5.74, 6) is 1.44. The Morgan fingerprint density at radius 2 is 1.93 bits per heavy atom. The largest absolute Gasteiger partial charge is 0.493 e. The number of aryl methyl sites for hydroxylation is 1. The predicted molar refractivity (Wildman–Crippen MR) is 106 cm³/mol. The minimum absolute atomic E-state index is 0.0264. The van der Waals surface area contributed by atoms with Gasteiger partial charge in [0.15, 0.2) is 11.5 Å². The number of nitrogens with one attached hydrogen (secondary N) is 2. The number of hydrogen-bond donors (Lipinski definition) is 2. The molecule has 0 saturated carbocycles. The Kier molecular flexibility index (Phi) is 6.71. The van der Waals surface area contributed by atoms with Crippen LogP contribution in [0, 0.1) is 0 Å². The van der Waals surface area contributed by atoms with Gasteiger partial charge in [-0.1, -0.05) is 30.3 Å². The number of carbonyl (C=O) groups excluding carboxylic acids is 1. The normalized spacial score (nSPS) is 15.7. The first-order valence-electron chi connectivity index (χ1n) is 9.50. The SMILES string of the molecule is COc1ccc(CCNC(=O)CN[C@@H]2CCCc3ccccc32)cc1OC. The fourth-order valence-corrected chi connectivity index (χ4v) is 3.63. The van der Waals surface area contributed by atoms with Crippen molar-refractivity contribution in [2.75, 3.05) is 27.3 Å². The van der Waals surface area contributed by atoms with E-state index in [1.807, 2.05) is 18.2 Å². The van der Waals surface area contributed by atoms with E-state index in [-0.39, 0.29) is 11.9 Å². The van der Waals surface area contributed by atoms with Gasteiger partial charge in [0.2, 0.25) is 5.91 Å². The van der Waals surface area contributed by atoms with Crippen LogP contribution in [0.3, 0.4) is 0 Å². The quantitative estimate of drug-likeness (QED) is 0.752. The molecule has 0 aliphatic heterocycles. The van der Waals surface area contributed by atoms with Crippen LogP contribution in [0.4, 0.5) is 0 Å². The van der Waals surface area contributed by atoms with Gasteiger partial charge in [-0.25, -0.2) is 0 Å². The van der Waals surface area contributed by atoms with E-state index in [1.165, 1.54) is 11.1 Å². The summed E-state index contributed by atoms with van der Waals surface area (Å²) in [5.41, 5.74) is 3.83. The van der Waals surface area contributed by atoms with Crippen molar-refractivity contribution in [3.63, 3.8) is 0 Å². The second-order valence-corrected chi connectivity index (χ2v) is 6.81. The monoisotopic (exact) mass is 368 g/mol. The lowest BCUT2D eigenvalue weighted by Gasteiger charge is -2.26. The maximum absolute atomic E-state index is 12.2. The molecule has 1 atom stereocenters. The van der Waals surface area contributed by atoms with Crippen LogP contribution in [-0.2, 0) is 17.6 Å². The number of rotatable bonds is 8. The van der Waals surface area contributed by atoms with E-state index in [4.69, 9.17) is 9.47 Å². The van der Waals surface area contributed by atoms with Crippen LogP contribution < -0.4 is 20.1 Å². The topological polar surface area (TPSA) is 59.6 Å². The summed E-state index contributed by atoms with van der Waals surface area (Å²) >= 11 is 0. The number of amides is 1. The molecule has 0 spiro atoms. The molecule has 5 nitrogen and oxygen atoms in total. The first-order valence-corrected chi connectivity index (χ1v) is 9.50. The molecule has 1 amide bonds. The predicted octanol–water partition coefficient (Wildman–Crippen LogP) is 3.03. The summed E-state index contributed by atoms with van der Waals surface area (Å²) in [6.07, 6.45) is 4.12. The molecule has 0 bridgehead atoms. The molecular formula is C22H28N2O3. The summed E-state index contributed by atoms with van der Waals surface area (Å²) < 4.78 is 10.6. The third-order valence-corrected chi connectivity index (χ3v) is 5.06. The fourth-order valence-electron chi connectivity index (χ4n) is 3.63. The summed E-state index contributed by atoms with van der Waals surface area (Å²) in [4.78, 5) is 12.2. The third-order valence-electron chi connectivity index (χ3n) is 5.06. The highest BCUT2D eigenvalue weighted by molar-refractivity contribution is 5.78. The van der Waals surface area contributed by atoms with Crippen LogP contribution in [0.1, 0.15) is 35.6 Å². The van der Waals surface area contributed by atoms with E-state index in [9.17, 15) is 4.79 Å². The van der Waals surface area contributed by atoms with Gasteiger partial charge in [0.05, 0.1) is 20.8 Å². The van der Waals surface area contributed by atoms with Crippen molar-refractivity contribution in [1.29, 1.82) is 0 Å². The van der Waals surface area contributed by atoms with Crippen molar-refractivity contribution in [3.05, 3.63) is 59.2 Å². The third kappa shape index (κ3) is 5.01. The van der Waals surface area contributed by atoms with Gasteiger partial charge < -0.3 is 20.1 Å². The molecule has 3 rings (SSSR count). The van der Waals surface area contributed by atoms with E-state index < -0.39 is 0 Å². The molecule has 27 heavy (non-hydrogen) atoms. The highest BCUT2D eigenvalue weighted by Gasteiger charge is 2.19. The minimum atomic E-state index is 0.0264. The van der Waals surface area contributed by atoms with E-state index in [0.717, 1.165) is 31.2 Å². The molecule has 0 fully saturated rings. The van der Waals surface area contributed by atoms with Crippen LogP contribution in [0.15, 0.2) is 42.5 Å². The van der Waals surface area contributed by atoms with Gasteiger partial charge >= 0.3 is 0 Å². The van der Waals surface area contributed by atoms with Gasteiger partial charge in [0.25, 0.3) is 0 Å². The smallest absolute Gasteiger partial charge is 0.233 e. The van der Waals surface area contributed by atoms with Gasteiger partial charge in [0, 0.05) is 12.6 Å². The van der Waals surface area contributed by atoms with Crippen molar-refractivity contribution >= 4 is 5.91 Å². The highest BCUT2D eigenvalue weighted by Crippen LogP contribution is 2.29. The number of methoxy groups -OCH3 is 2. The summed E-state index contributed by atoms with van der Waals surface area (Å²) in [7, 11) is 3.24. The Balaban J connectivity index is 1.44. The highest BCUT2D eigenvalue weighted by atomic mass is 16.5. The lowest BCUT2D eigenvalue weighted by atomic mass is 9.88. The van der Waals surface area contributed by atoms with E-state index in [2.05, 4.69) is 34.9 Å². The maximum atomic E-state index is 12.2. The Labute approximate surface area is 161 Å². The standard InChI is InChI=1S/C22H28N2O3/c1-26-20-11-10-16(14-21(20)27-2)12-13-23-22(25)15-24-19-9-5-7-17-6-3-4-8-18(17)19/h3-4,6,8,10-11,14,19,24H,5,7,9,12-13,15H2,1-2H3,(H,23,25)/t19-/m1/s1. The summed E-state index contributed by atoms with van der Waals surface area (Å²) in [5, 5.41) is 6.40. The second kappa shape index (κ2) is 9.42. The molecule has 144 valence electrons. The van der Waals surface area contributed by atoms with E-state index in [0.29, 0.717) is 24.6 Å². The molecule has 2 N–H and O–H groups in total. The lowest BCUT2D eigenvalue weighted by Crippen LogP contribution is -2.37. The van der Waals surface area contributed by atoms with Gasteiger partial charge in [-0.05, 0) is 54.5 Å². The second-order valence-electron chi connectivity index (χ2n) is 6.81. The van der Waals surface area contributed by atoms with Crippen molar-refractivity contribution in [3.8, 4) is 11.5 Å². The van der Waals surface area contributed by atoms with Crippen LogP contribution in [0.5, 0.6) is 11.5 Å². The Hall–Kier alpha value is -2.53. The molecule has 5 heteroatoms. The Morgan fingerprint density at radius 1 is 1.11 bits per heavy atom. The van der Waals surface area contributed by atoms with Crippen LogP contribution in [0.25, 0.3) is 0 Å². The first kappa shape index (κ1) is 19.2. The number of carbonyl (C=O) groups is 1. The van der Waals surface area contributed by atoms with Crippen molar-refractivity contribution in [2.45, 2.75) is 31.7 Å². The number of ether oxygens (including phenoxy) is 2. The molecule has 0 heterocycles. The Bertz CT molecular complexity index is 776. The molecule has 1 aliphatic rings. The van der Waals surface area contributed by atoms with Crippen molar-refractivity contribution < 1.29 is 14.3 Å². The summed E-state index contributed by atoms with van der Waals surface area (Å²) in [6, 6.07) is 14.6. The van der Waals surface area contributed by atoms with Crippen LogP contribution in [-0.4, -0.2) is 33.2 Å². The molecular weight excluding hydrogens is 340 g/mol. The molecule has 0 radical (unpaired) electrons. The van der Waals surface area contributed by atoms with E-state index >= 15 is 0 Å². The molecule has 1 aliphatic carbocycles. The average Bonchev–Trinajstić information content (AvgIpc) is 2.72. The van der Waals surface area contributed by atoms with Crippen molar-refractivity contribution in [2.24, 2.45) is 0 Å². The summed E-state index contributed by atoms with van der Waals surface area (Å²) in [6.45, 7) is 0.933. The molecule has 2 aromatic rings. The zero-order valence-corrected chi connectivity index (χ0v) is 16.1. The van der Waals surface area contributed by atoms with Crippen LogP contribution >= 0.6 is 0 Å². The van der Waals surface area contributed by atoms with Gasteiger partial charge in [-0.15, -0.1) is 0 Å². The molecule has 0 unspecified atom stereocenters.